The molecule has 2 heterocycles. The van der Waals surface area contributed by atoms with Crippen molar-refractivity contribution in [2.75, 3.05) is 26.2 Å². The Morgan fingerprint density at radius 1 is 1.36 bits per heavy atom. The highest BCUT2D eigenvalue weighted by Crippen LogP contribution is 2.16. The van der Waals surface area contributed by atoms with E-state index in [9.17, 15) is 9.59 Å². The SMILES string of the molecule is Cl.NCC1CCN(C(=O)CCCNC(=O)c2ccsc2)CC1. The van der Waals surface area contributed by atoms with Crippen molar-refractivity contribution in [3.8, 4) is 0 Å². The first kappa shape index (κ1) is 18.9. The summed E-state index contributed by atoms with van der Waals surface area (Å²) in [4.78, 5) is 25.7. The zero-order chi connectivity index (χ0) is 15.1. The van der Waals surface area contributed by atoms with Gasteiger partial charge in [-0.05, 0) is 43.2 Å². The van der Waals surface area contributed by atoms with Gasteiger partial charge in [0.05, 0.1) is 0 Å². The van der Waals surface area contributed by atoms with Crippen molar-refractivity contribution in [1.82, 2.24) is 10.2 Å². The molecule has 1 aliphatic rings. The summed E-state index contributed by atoms with van der Waals surface area (Å²) in [6.07, 6.45) is 3.21. The van der Waals surface area contributed by atoms with Gasteiger partial charge in [0.25, 0.3) is 5.91 Å². The smallest absolute Gasteiger partial charge is 0.252 e. The Morgan fingerprint density at radius 2 is 2.09 bits per heavy atom. The van der Waals surface area contributed by atoms with Gasteiger partial charge in [-0.1, -0.05) is 0 Å². The number of piperidine rings is 1. The molecule has 0 spiro atoms. The van der Waals surface area contributed by atoms with E-state index in [1.165, 1.54) is 11.3 Å². The average molecular weight is 346 g/mol. The Hall–Kier alpha value is -1.11. The topological polar surface area (TPSA) is 75.4 Å². The highest BCUT2D eigenvalue weighted by molar-refractivity contribution is 7.08. The van der Waals surface area contributed by atoms with Crippen molar-refractivity contribution < 1.29 is 9.59 Å². The molecule has 0 aromatic carbocycles. The Kier molecular flexibility index (Phi) is 8.45. The molecule has 0 atom stereocenters. The Balaban J connectivity index is 0.00000242. The van der Waals surface area contributed by atoms with E-state index in [0.29, 0.717) is 30.9 Å². The van der Waals surface area contributed by atoms with Gasteiger partial charge < -0.3 is 16.0 Å². The van der Waals surface area contributed by atoms with Crippen LogP contribution in [0.15, 0.2) is 16.8 Å². The van der Waals surface area contributed by atoms with Crippen molar-refractivity contribution in [3.63, 3.8) is 0 Å². The number of hydrogen-bond donors (Lipinski definition) is 2. The summed E-state index contributed by atoms with van der Waals surface area (Å²) in [5.41, 5.74) is 6.34. The fraction of sp³-hybridized carbons (Fsp3) is 0.600. The maximum absolute atomic E-state index is 12.1. The molecule has 1 saturated heterocycles. The van der Waals surface area contributed by atoms with Crippen molar-refractivity contribution in [2.24, 2.45) is 11.7 Å². The first-order valence-corrected chi connectivity index (χ1v) is 8.43. The molecular formula is C15H24ClN3O2S. The van der Waals surface area contributed by atoms with Crippen molar-refractivity contribution in [1.29, 1.82) is 0 Å². The lowest BCUT2D eigenvalue weighted by molar-refractivity contribution is -0.132. The van der Waals surface area contributed by atoms with Crippen LogP contribution in [0.25, 0.3) is 0 Å². The van der Waals surface area contributed by atoms with Gasteiger partial charge in [-0.3, -0.25) is 9.59 Å². The first-order chi connectivity index (χ1) is 10.2. The van der Waals surface area contributed by atoms with Crippen LogP contribution >= 0.6 is 23.7 Å². The lowest BCUT2D eigenvalue weighted by atomic mass is 9.97. The Bertz CT molecular complexity index is 459. The minimum Gasteiger partial charge on any atom is -0.352 e. The van der Waals surface area contributed by atoms with Crippen molar-refractivity contribution in [2.45, 2.75) is 25.7 Å². The van der Waals surface area contributed by atoms with E-state index in [2.05, 4.69) is 5.32 Å². The summed E-state index contributed by atoms with van der Waals surface area (Å²) in [5, 5.41) is 6.54. The predicted molar refractivity (Wildman–Crippen MR) is 91.5 cm³/mol. The number of nitrogens with one attached hydrogen (secondary N) is 1. The quantitative estimate of drug-likeness (QED) is 0.773. The molecule has 0 aliphatic carbocycles. The first-order valence-electron chi connectivity index (χ1n) is 7.49. The zero-order valence-corrected chi connectivity index (χ0v) is 14.3. The van der Waals surface area contributed by atoms with Crippen LogP contribution in [0.5, 0.6) is 0 Å². The van der Waals surface area contributed by atoms with Crippen LogP contribution in [-0.2, 0) is 4.79 Å². The van der Waals surface area contributed by atoms with E-state index in [1.807, 2.05) is 15.7 Å². The second-order valence-electron chi connectivity index (χ2n) is 5.43. The number of halogens is 1. The molecule has 1 aliphatic heterocycles. The normalized spacial score (nSPS) is 15.2. The number of hydrogen-bond acceptors (Lipinski definition) is 4. The molecule has 124 valence electrons. The van der Waals surface area contributed by atoms with E-state index in [4.69, 9.17) is 5.73 Å². The van der Waals surface area contributed by atoms with Crippen LogP contribution in [-0.4, -0.2) is 42.9 Å². The number of nitrogens with two attached hydrogens (primary N) is 1. The lowest BCUT2D eigenvalue weighted by Crippen LogP contribution is -2.40. The molecule has 0 bridgehead atoms. The van der Waals surface area contributed by atoms with Gasteiger partial charge in [-0.2, -0.15) is 11.3 Å². The fourth-order valence-electron chi connectivity index (χ4n) is 2.51. The number of likely N-dealkylation sites (tertiary alicyclic amines) is 1. The number of thiophene rings is 1. The third-order valence-electron chi connectivity index (χ3n) is 3.94. The van der Waals surface area contributed by atoms with Crippen LogP contribution in [0.3, 0.4) is 0 Å². The average Bonchev–Trinajstić information content (AvgIpc) is 3.05. The summed E-state index contributed by atoms with van der Waals surface area (Å²) in [6, 6.07) is 1.80. The molecule has 5 nitrogen and oxygen atoms in total. The van der Waals surface area contributed by atoms with E-state index in [-0.39, 0.29) is 24.2 Å². The molecule has 7 heteroatoms. The van der Waals surface area contributed by atoms with Gasteiger partial charge in [0, 0.05) is 37.0 Å². The van der Waals surface area contributed by atoms with E-state index >= 15 is 0 Å². The van der Waals surface area contributed by atoms with Crippen LogP contribution in [0.2, 0.25) is 0 Å². The maximum Gasteiger partial charge on any atom is 0.252 e. The van der Waals surface area contributed by atoms with Crippen LogP contribution < -0.4 is 11.1 Å². The fourth-order valence-corrected chi connectivity index (χ4v) is 3.15. The van der Waals surface area contributed by atoms with E-state index in [1.54, 1.807) is 6.07 Å². The second-order valence-corrected chi connectivity index (χ2v) is 6.21. The lowest BCUT2D eigenvalue weighted by Gasteiger charge is -2.31. The molecule has 1 aromatic rings. The number of carbonyl (C=O) groups excluding carboxylic acids is 2. The standard InChI is InChI=1S/C15H23N3O2S.ClH/c16-10-12-3-7-18(8-4-12)14(19)2-1-6-17-15(20)13-5-9-21-11-13;/h5,9,11-12H,1-4,6-8,10,16H2,(H,17,20);1H. The summed E-state index contributed by atoms with van der Waals surface area (Å²) in [7, 11) is 0. The molecule has 1 fully saturated rings. The molecule has 0 radical (unpaired) electrons. The van der Waals surface area contributed by atoms with Gasteiger partial charge in [0.1, 0.15) is 0 Å². The summed E-state index contributed by atoms with van der Waals surface area (Å²) >= 11 is 1.50. The van der Waals surface area contributed by atoms with Crippen LogP contribution in [0.4, 0.5) is 0 Å². The van der Waals surface area contributed by atoms with Gasteiger partial charge in [-0.15, -0.1) is 12.4 Å². The van der Waals surface area contributed by atoms with Crippen LogP contribution in [0, 0.1) is 5.92 Å². The van der Waals surface area contributed by atoms with E-state index < -0.39 is 0 Å². The van der Waals surface area contributed by atoms with Crippen molar-refractivity contribution in [3.05, 3.63) is 22.4 Å². The molecule has 2 amide bonds. The highest BCUT2D eigenvalue weighted by Gasteiger charge is 2.21. The molecule has 2 rings (SSSR count). The molecule has 1 aromatic heterocycles. The van der Waals surface area contributed by atoms with Gasteiger partial charge in [0.2, 0.25) is 5.91 Å². The number of rotatable bonds is 6. The second kappa shape index (κ2) is 9.82. The molecule has 22 heavy (non-hydrogen) atoms. The molecular weight excluding hydrogens is 322 g/mol. The monoisotopic (exact) mass is 345 g/mol. The maximum atomic E-state index is 12.1. The van der Waals surface area contributed by atoms with E-state index in [0.717, 1.165) is 32.5 Å². The minimum absolute atomic E-state index is 0. The molecule has 0 unspecified atom stereocenters. The summed E-state index contributed by atoms with van der Waals surface area (Å²) in [5.74, 6) is 0.696. The third kappa shape index (κ3) is 5.59. The highest BCUT2D eigenvalue weighted by atomic mass is 35.5. The Labute approximate surface area is 141 Å². The van der Waals surface area contributed by atoms with Gasteiger partial charge >= 0.3 is 0 Å². The predicted octanol–water partition coefficient (Wildman–Crippen LogP) is 1.88. The van der Waals surface area contributed by atoms with Crippen LogP contribution in [0.1, 0.15) is 36.0 Å². The third-order valence-corrected chi connectivity index (χ3v) is 4.62. The van der Waals surface area contributed by atoms with Gasteiger partial charge in [0.15, 0.2) is 0 Å². The number of nitrogens with zero attached hydrogens (tertiary/aromatic N) is 1. The van der Waals surface area contributed by atoms with Crippen molar-refractivity contribution >= 4 is 35.6 Å². The summed E-state index contributed by atoms with van der Waals surface area (Å²) in [6.45, 7) is 2.90. The summed E-state index contributed by atoms with van der Waals surface area (Å²) < 4.78 is 0. The zero-order valence-electron chi connectivity index (χ0n) is 12.6. The largest absolute Gasteiger partial charge is 0.352 e. The Morgan fingerprint density at radius 3 is 2.68 bits per heavy atom. The molecule has 0 saturated carbocycles. The number of carbonyl (C=O) groups is 2. The number of amides is 2. The minimum atomic E-state index is -0.0625. The van der Waals surface area contributed by atoms with Gasteiger partial charge in [-0.25, -0.2) is 0 Å². The molecule has 3 N–H and O–H groups in total.